The van der Waals surface area contributed by atoms with E-state index in [2.05, 4.69) is 20.9 Å². The molecule has 2 nitrogen and oxygen atoms in total. The van der Waals surface area contributed by atoms with Crippen molar-refractivity contribution < 1.29 is 17.9 Å². The lowest BCUT2D eigenvalue weighted by atomic mass is 10.3. The standard InChI is InChI=1S/C9H9BrF3NO/c1-5-3-8(7(10)4-14-5)15-6(2)9(11,12)13/h3-4,6H,1-2H3/t6-/m0/s1. The summed E-state index contributed by atoms with van der Waals surface area (Å²) in [7, 11) is 0. The van der Waals surface area contributed by atoms with Crippen molar-refractivity contribution in [1.82, 2.24) is 4.98 Å². The highest BCUT2D eigenvalue weighted by atomic mass is 79.9. The maximum Gasteiger partial charge on any atom is 0.425 e. The van der Waals surface area contributed by atoms with E-state index in [1.807, 2.05) is 0 Å². The Morgan fingerprint density at radius 2 is 2.07 bits per heavy atom. The molecule has 1 atom stereocenters. The summed E-state index contributed by atoms with van der Waals surface area (Å²) >= 11 is 3.07. The van der Waals surface area contributed by atoms with Crippen molar-refractivity contribution in [3.8, 4) is 5.75 Å². The molecule has 0 aliphatic carbocycles. The molecule has 0 saturated heterocycles. The summed E-state index contributed by atoms with van der Waals surface area (Å²) in [4.78, 5) is 3.90. The Labute approximate surface area is 93.6 Å². The topological polar surface area (TPSA) is 22.1 Å². The van der Waals surface area contributed by atoms with E-state index in [-0.39, 0.29) is 5.75 Å². The summed E-state index contributed by atoms with van der Waals surface area (Å²) in [5.41, 5.74) is 0.600. The third-order valence-corrected chi connectivity index (χ3v) is 2.32. The third-order valence-electron chi connectivity index (χ3n) is 1.72. The quantitative estimate of drug-likeness (QED) is 0.829. The van der Waals surface area contributed by atoms with Crippen molar-refractivity contribution in [2.75, 3.05) is 0 Å². The van der Waals surface area contributed by atoms with Crippen molar-refractivity contribution in [3.63, 3.8) is 0 Å². The minimum Gasteiger partial charge on any atom is -0.480 e. The molecule has 0 bridgehead atoms. The molecule has 0 aliphatic heterocycles. The van der Waals surface area contributed by atoms with Crippen molar-refractivity contribution >= 4 is 15.9 Å². The van der Waals surface area contributed by atoms with E-state index >= 15 is 0 Å². The Balaban J connectivity index is 2.85. The van der Waals surface area contributed by atoms with Gasteiger partial charge in [0.05, 0.1) is 4.47 Å². The van der Waals surface area contributed by atoms with Gasteiger partial charge in [0.25, 0.3) is 0 Å². The van der Waals surface area contributed by atoms with Crippen molar-refractivity contribution in [3.05, 3.63) is 22.4 Å². The first-order valence-corrected chi connectivity index (χ1v) is 4.95. The fraction of sp³-hybridized carbons (Fsp3) is 0.444. The molecular weight excluding hydrogens is 275 g/mol. The molecule has 1 rings (SSSR count). The SMILES string of the molecule is Cc1cc(O[C@@H](C)C(F)(F)F)c(Br)cn1. The van der Waals surface area contributed by atoms with E-state index in [9.17, 15) is 13.2 Å². The first-order chi connectivity index (χ1) is 6.80. The smallest absolute Gasteiger partial charge is 0.425 e. The summed E-state index contributed by atoms with van der Waals surface area (Å²) < 4.78 is 41.8. The van der Waals surface area contributed by atoms with E-state index in [4.69, 9.17) is 4.74 Å². The van der Waals surface area contributed by atoms with Gasteiger partial charge in [-0.15, -0.1) is 0 Å². The second-order valence-electron chi connectivity index (χ2n) is 3.06. The van der Waals surface area contributed by atoms with Crippen LogP contribution in [0.1, 0.15) is 12.6 Å². The maximum atomic E-state index is 12.2. The Morgan fingerprint density at radius 3 is 2.60 bits per heavy atom. The second kappa shape index (κ2) is 4.38. The lowest BCUT2D eigenvalue weighted by Crippen LogP contribution is -2.31. The normalized spacial score (nSPS) is 13.7. The molecule has 0 unspecified atom stereocenters. The van der Waals surface area contributed by atoms with Gasteiger partial charge in [-0.1, -0.05) is 0 Å². The molecule has 1 aromatic rings. The van der Waals surface area contributed by atoms with Crippen LogP contribution in [0.15, 0.2) is 16.7 Å². The van der Waals surface area contributed by atoms with Crippen LogP contribution in [0.25, 0.3) is 0 Å². The van der Waals surface area contributed by atoms with Crippen LogP contribution < -0.4 is 4.74 Å². The van der Waals surface area contributed by atoms with Gasteiger partial charge in [0, 0.05) is 18.0 Å². The molecule has 0 aromatic carbocycles. The first kappa shape index (κ1) is 12.3. The lowest BCUT2D eigenvalue weighted by molar-refractivity contribution is -0.189. The molecule has 15 heavy (non-hydrogen) atoms. The van der Waals surface area contributed by atoms with Crippen LogP contribution in [0.5, 0.6) is 5.75 Å². The largest absolute Gasteiger partial charge is 0.480 e. The average Bonchev–Trinajstić information content (AvgIpc) is 2.09. The molecule has 0 saturated carbocycles. The Hall–Kier alpha value is -0.780. The van der Waals surface area contributed by atoms with Crippen LogP contribution in [-0.4, -0.2) is 17.3 Å². The molecule has 0 radical (unpaired) electrons. The van der Waals surface area contributed by atoms with Gasteiger partial charge in [-0.25, -0.2) is 0 Å². The van der Waals surface area contributed by atoms with E-state index in [0.29, 0.717) is 10.2 Å². The number of hydrogen-bond donors (Lipinski definition) is 0. The molecule has 1 aromatic heterocycles. The van der Waals surface area contributed by atoms with Gasteiger partial charge in [-0.3, -0.25) is 4.98 Å². The highest BCUT2D eigenvalue weighted by Crippen LogP contribution is 2.29. The molecule has 0 spiro atoms. The summed E-state index contributed by atoms with van der Waals surface area (Å²) in [6.45, 7) is 2.64. The molecule has 1 heterocycles. The highest BCUT2D eigenvalue weighted by Gasteiger charge is 2.38. The van der Waals surface area contributed by atoms with Crippen molar-refractivity contribution in [2.45, 2.75) is 26.1 Å². The summed E-state index contributed by atoms with van der Waals surface area (Å²) in [6.07, 6.45) is -4.79. The van der Waals surface area contributed by atoms with E-state index in [1.165, 1.54) is 12.3 Å². The predicted molar refractivity (Wildman–Crippen MR) is 52.8 cm³/mol. The Bertz CT molecular complexity index is 354. The molecule has 84 valence electrons. The number of pyridine rings is 1. The number of aryl methyl sites for hydroxylation is 1. The molecular formula is C9H9BrF3NO. The molecule has 6 heteroatoms. The Morgan fingerprint density at radius 1 is 1.47 bits per heavy atom. The molecule has 0 aliphatic rings. The van der Waals surface area contributed by atoms with Crippen molar-refractivity contribution in [2.24, 2.45) is 0 Å². The average molecular weight is 284 g/mol. The van der Waals surface area contributed by atoms with Crippen molar-refractivity contribution in [1.29, 1.82) is 0 Å². The molecule has 0 N–H and O–H groups in total. The number of halogens is 4. The van der Waals surface area contributed by atoms with Crippen LogP contribution in [0.4, 0.5) is 13.2 Å². The maximum absolute atomic E-state index is 12.2. The van der Waals surface area contributed by atoms with Crippen LogP contribution >= 0.6 is 15.9 Å². The molecule has 0 amide bonds. The van der Waals surface area contributed by atoms with Gasteiger partial charge >= 0.3 is 6.18 Å². The van der Waals surface area contributed by atoms with Gasteiger partial charge in [0.2, 0.25) is 0 Å². The zero-order chi connectivity index (χ0) is 11.6. The monoisotopic (exact) mass is 283 g/mol. The summed E-state index contributed by atoms with van der Waals surface area (Å²) in [5.74, 6) is 0.146. The number of ether oxygens (including phenoxy) is 1. The first-order valence-electron chi connectivity index (χ1n) is 4.16. The van der Waals surface area contributed by atoms with Gasteiger partial charge in [-0.2, -0.15) is 13.2 Å². The fourth-order valence-electron chi connectivity index (χ4n) is 0.866. The van der Waals surface area contributed by atoms with E-state index < -0.39 is 12.3 Å². The minimum absolute atomic E-state index is 0.146. The van der Waals surface area contributed by atoms with Gasteiger partial charge in [0.1, 0.15) is 5.75 Å². The zero-order valence-corrected chi connectivity index (χ0v) is 9.69. The summed E-state index contributed by atoms with van der Waals surface area (Å²) in [6, 6.07) is 1.45. The zero-order valence-electron chi connectivity index (χ0n) is 8.10. The van der Waals surface area contributed by atoms with E-state index in [1.54, 1.807) is 6.92 Å². The van der Waals surface area contributed by atoms with Gasteiger partial charge in [-0.05, 0) is 29.8 Å². The number of alkyl halides is 3. The highest BCUT2D eigenvalue weighted by molar-refractivity contribution is 9.10. The third kappa shape index (κ3) is 3.37. The number of nitrogens with zero attached hydrogens (tertiary/aromatic N) is 1. The van der Waals surface area contributed by atoms with Crippen LogP contribution in [-0.2, 0) is 0 Å². The fourth-order valence-corrected chi connectivity index (χ4v) is 1.18. The molecule has 0 fully saturated rings. The van der Waals surface area contributed by atoms with E-state index in [0.717, 1.165) is 6.92 Å². The summed E-state index contributed by atoms with van der Waals surface area (Å²) in [5, 5.41) is 0. The number of hydrogen-bond acceptors (Lipinski definition) is 2. The van der Waals surface area contributed by atoms with Gasteiger partial charge in [0.15, 0.2) is 6.10 Å². The lowest BCUT2D eigenvalue weighted by Gasteiger charge is -2.18. The second-order valence-corrected chi connectivity index (χ2v) is 3.91. The predicted octanol–water partition coefficient (Wildman–Crippen LogP) is 3.48. The minimum atomic E-state index is -4.36. The van der Waals surface area contributed by atoms with Gasteiger partial charge < -0.3 is 4.74 Å². The number of rotatable bonds is 2. The van der Waals surface area contributed by atoms with Crippen LogP contribution in [0, 0.1) is 6.92 Å². The Kier molecular flexibility index (Phi) is 3.59. The van der Waals surface area contributed by atoms with Crippen LogP contribution in [0.2, 0.25) is 0 Å². The van der Waals surface area contributed by atoms with Crippen LogP contribution in [0.3, 0.4) is 0 Å². The number of aromatic nitrogens is 1.